The van der Waals surface area contributed by atoms with Crippen molar-refractivity contribution in [2.45, 2.75) is 19.3 Å². The van der Waals surface area contributed by atoms with Crippen LogP contribution in [0.1, 0.15) is 19.3 Å². The molecule has 3 aliphatic rings. The molecule has 1 amide bonds. The Balaban J connectivity index is 1.87. The second kappa shape index (κ2) is 5.61. The maximum absolute atomic E-state index is 11.9. The fourth-order valence-corrected chi connectivity index (χ4v) is 3.03. The lowest BCUT2D eigenvalue weighted by molar-refractivity contribution is -0.125. The monoisotopic (exact) mass is 273 g/mol. The van der Waals surface area contributed by atoms with Crippen LogP contribution in [-0.2, 0) is 9.53 Å². The highest BCUT2D eigenvalue weighted by Gasteiger charge is 2.44. The molecule has 0 aromatic carbocycles. The first-order valence-corrected chi connectivity index (χ1v) is 7.12. The molecule has 0 aromatic rings. The Morgan fingerprint density at radius 1 is 1.45 bits per heavy atom. The zero-order valence-corrected chi connectivity index (χ0v) is 11.6. The van der Waals surface area contributed by atoms with Gasteiger partial charge in [0.05, 0.1) is 11.8 Å². The van der Waals surface area contributed by atoms with E-state index >= 15 is 0 Å². The summed E-state index contributed by atoms with van der Waals surface area (Å²) in [6.07, 6.45) is 10.8. The Bertz CT molecular complexity index is 519. The van der Waals surface area contributed by atoms with Crippen molar-refractivity contribution in [1.82, 2.24) is 5.32 Å². The first-order valence-electron chi connectivity index (χ1n) is 7.12. The quantitative estimate of drug-likeness (QED) is 0.790. The maximum Gasteiger partial charge on any atom is 0.227 e. The molecular weight excluding hydrogens is 254 g/mol. The number of amides is 1. The summed E-state index contributed by atoms with van der Waals surface area (Å²) in [6.45, 7) is 0.429. The number of amidine groups is 1. The Labute approximate surface area is 118 Å². The average molecular weight is 273 g/mol. The molecular formula is C15H19N3O2. The van der Waals surface area contributed by atoms with E-state index in [2.05, 4.69) is 21.4 Å². The molecule has 3 aliphatic heterocycles. The van der Waals surface area contributed by atoms with E-state index in [0.29, 0.717) is 18.4 Å². The van der Waals surface area contributed by atoms with Gasteiger partial charge in [-0.05, 0) is 25.3 Å². The van der Waals surface area contributed by atoms with Gasteiger partial charge in [-0.1, -0.05) is 12.2 Å². The molecule has 1 saturated heterocycles. The minimum atomic E-state index is -0.112. The van der Waals surface area contributed by atoms with E-state index in [1.807, 2.05) is 12.2 Å². The number of rotatable bonds is 1. The predicted molar refractivity (Wildman–Crippen MR) is 77.5 cm³/mol. The third-order valence-corrected chi connectivity index (χ3v) is 4.15. The van der Waals surface area contributed by atoms with Crippen molar-refractivity contribution >= 4 is 17.6 Å². The lowest BCUT2D eigenvalue weighted by atomic mass is 9.81. The van der Waals surface area contributed by atoms with Crippen LogP contribution < -0.4 is 5.32 Å². The Kier molecular flexibility index (Phi) is 3.67. The smallest absolute Gasteiger partial charge is 0.227 e. The minimum Gasteiger partial charge on any atom is -0.480 e. The van der Waals surface area contributed by atoms with E-state index in [9.17, 15) is 4.79 Å². The number of carbonyl (C=O) groups excluding carboxylic acids is 1. The molecule has 1 fully saturated rings. The van der Waals surface area contributed by atoms with Gasteiger partial charge < -0.3 is 10.1 Å². The third-order valence-electron chi connectivity index (χ3n) is 4.15. The van der Waals surface area contributed by atoms with E-state index in [-0.39, 0.29) is 17.7 Å². The van der Waals surface area contributed by atoms with E-state index in [0.717, 1.165) is 25.1 Å². The summed E-state index contributed by atoms with van der Waals surface area (Å²) in [5.74, 6) is 1.88. The van der Waals surface area contributed by atoms with Gasteiger partial charge in [0.2, 0.25) is 5.91 Å². The topological polar surface area (TPSA) is 63.0 Å². The van der Waals surface area contributed by atoms with Crippen LogP contribution >= 0.6 is 0 Å². The molecule has 5 heteroatoms. The zero-order chi connectivity index (χ0) is 13.9. The molecule has 3 heterocycles. The van der Waals surface area contributed by atoms with Crippen molar-refractivity contribution in [2.75, 3.05) is 13.7 Å². The number of fused-ring (bicyclic) bond motifs is 2. The number of carbonyl (C=O) groups is 1. The van der Waals surface area contributed by atoms with Crippen LogP contribution in [-0.4, -0.2) is 31.3 Å². The van der Waals surface area contributed by atoms with Crippen molar-refractivity contribution < 1.29 is 9.53 Å². The number of nitrogens with zero attached hydrogens (tertiary/aromatic N) is 2. The summed E-state index contributed by atoms with van der Waals surface area (Å²) in [5.41, 5.74) is 0. The van der Waals surface area contributed by atoms with E-state index in [4.69, 9.17) is 4.74 Å². The Morgan fingerprint density at radius 3 is 3.20 bits per heavy atom. The van der Waals surface area contributed by atoms with Gasteiger partial charge in [0.15, 0.2) is 5.90 Å². The zero-order valence-electron chi connectivity index (χ0n) is 11.6. The number of ether oxygens (including phenoxy) is 1. The molecule has 0 radical (unpaired) electrons. The van der Waals surface area contributed by atoms with Gasteiger partial charge in [0.1, 0.15) is 12.4 Å². The van der Waals surface area contributed by atoms with Crippen molar-refractivity contribution in [3.8, 4) is 0 Å². The average Bonchev–Trinajstić information content (AvgIpc) is 2.91. The molecule has 3 rings (SSSR count). The molecule has 3 unspecified atom stereocenters. The lowest BCUT2D eigenvalue weighted by Crippen LogP contribution is -2.36. The van der Waals surface area contributed by atoms with E-state index in [1.165, 1.54) is 0 Å². The molecule has 0 aliphatic carbocycles. The number of aliphatic imine (C=N–C) groups is 2. The normalized spacial score (nSPS) is 35.0. The van der Waals surface area contributed by atoms with Crippen molar-refractivity contribution in [3.63, 3.8) is 0 Å². The molecule has 0 spiro atoms. The van der Waals surface area contributed by atoms with Crippen LogP contribution in [0.5, 0.6) is 0 Å². The molecule has 0 saturated carbocycles. The number of nitrogens with one attached hydrogen (secondary N) is 1. The van der Waals surface area contributed by atoms with Gasteiger partial charge in [-0.25, -0.2) is 9.98 Å². The molecule has 20 heavy (non-hydrogen) atoms. The highest BCUT2D eigenvalue weighted by molar-refractivity contribution is 6.02. The van der Waals surface area contributed by atoms with Crippen molar-refractivity contribution in [2.24, 2.45) is 27.7 Å². The van der Waals surface area contributed by atoms with Crippen LogP contribution in [0.15, 0.2) is 34.4 Å². The van der Waals surface area contributed by atoms with Gasteiger partial charge in [-0.2, -0.15) is 0 Å². The Morgan fingerprint density at radius 2 is 2.35 bits per heavy atom. The van der Waals surface area contributed by atoms with E-state index < -0.39 is 0 Å². The number of hydrogen-bond donors (Lipinski definition) is 1. The van der Waals surface area contributed by atoms with Gasteiger partial charge in [-0.15, -0.1) is 0 Å². The second-order valence-corrected chi connectivity index (χ2v) is 5.36. The maximum atomic E-state index is 11.9. The second-order valence-electron chi connectivity index (χ2n) is 5.36. The lowest BCUT2D eigenvalue weighted by Gasteiger charge is -2.26. The number of hydrogen-bond acceptors (Lipinski definition) is 4. The van der Waals surface area contributed by atoms with Gasteiger partial charge in [0.25, 0.3) is 0 Å². The fraction of sp³-hybridized carbons (Fsp3) is 0.533. The highest BCUT2D eigenvalue weighted by Crippen LogP contribution is 2.36. The van der Waals surface area contributed by atoms with Crippen LogP contribution in [0.25, 0.3) is 0 Å². The summed E-state index contributed by atoms with van der Waals surface area (Å²) >= 11 is 0. The minimum absolute atomic E-state index is 0.0449. The van der Waals surface area contributed by atoms with Crippen LogP contribution in [0, 0.1) is 17.8 Å². The summed E-state index contributed by atoms with van der Waals surface area (Å²) < 4.78 is 5.61. The highest BCUT2D eigenvalue weighted by atomic mass is 16.5. The first-order chi connectivity index (χ1) is 9.79. The van der Waals surface area contributed by atoms with Gasteiger partial charge in [-0.3, -0.25) is 4.79 Å². The SMILES string of the molecule is CNC(=O)C1COC2=NC3=N/C=C\C=C/CCC3CC21. The molecule has 106 valence electrons. The van der Waals surface area contributed by atoms with Crippen LogP contribution in [0.4, 0.5) is 0 Å². The van der Waals surface area contributed by atoms with Crippen LogP contribution in [0.3, 0.4) is 0 Å². The van der Waals surface area contributed by atoms with Gasteiger partial charge >= 0.3 is 0 Å². The molecule has 0 aromatic heterocycles. The summed E-state index contributed by atoms with van der Waals surface area (Å²) in [4.78, 5) is 20.9. The van der Waals surface area contributed by atoms with Crippen molar-refractivity contribution in [1.29, 1.82) is 0 Å². The number of allylic oxidation sites excluding steroid dienone is 3. The summed E-state index contributed by atoms with van der Waals surface area (Å²) in [5, 5.41) is 2.72. The summed E-state index contributed by atoms with van der Waals surface area (Å²) in [7, 11) is 1.67. The molecule has 0 bridgehead atoms. The van der Waals surface area contributed by atoms with Crippen LogP contribution in [0.2, 0.25) is 0 Å². The van der Waals surface area contributed by atoms with Crippen molar-refractivity contribution in [3.05, 3.63) is 24.4 Å². The first kappa shape index (κ1) is 13.1. The predicted octanol–water partition coefficient (Wildman–Crippen LogP) is 1.68. The summed E-state index contributed by atoms with van der Waals surface area (Å²) in [6, 6.07) is 0. The molecule has 5 nitrogen and oxygen atoms in total. The van der Waals surface area contributed by atoms with Gasteiger partial charge in [0, 0.05) is 19.2 Å². The largest absolute Gasteiger partial charge is 0.480 e. The molecule has 1 N–H and O–H groups in total. The van der Waals surface area contributed by atoms with E-state index in [1.54, 1.807) is 13.2 Å². The molecule has 3 atom stereocenters. The Hall–Kier alpha value is -1.91. The third kappa shape index (κ3) is 2.40. The standard InChI is InChI=1S/C15H19N3O2/c1-16-14(19)12-9-20-15-11(12)8-10-6-4-2-3-5-7-17-13(10)18-15/h2-3,5,7,10-12H,4,6,8-9H2,1H3,(H,16,19)/b3-2-,7-5-,17-13?. The fourth-order valence-electron chi connectivity index (χ4n) is 3.03.